The molecule has 0 atom stereocenters. The van der Waals surface area contributed by atoms with Gasteiger partial charge in [-0.25, -0.2) is 4.79 Å². The van der Waals surface area contributed by atoms with Crippen molar-refractivity contribution in [3.8, 4) is 0 Å². The molecule has 0 saturated carbocycles. The number of halogens is 2. The summed E-state index contributed by atoms with van der Waals surface area (Å²) in [5.74, 6) is -1.46. The number of nitrogens with zero attached hydrogens (tertiary/aromatic N) is 2. The molecule has 0 aliphatic carbocycles. The van der Waals surface area contributed by atoms with Crippen molar-refractivity contribution < 1.29 is 18.7 Å². The van der Waals surface area contributed by atoms with Gasteiger partial charge in [-0.15, -0.1) is 0 Å². The lowest BCUT2D eigenvalue weighted by molar-refractivity contribution is 0.0484. The van der Waals surface area contributed by atoms with Crippen LogP contribution in [0.25, 0.3) is 0 Å². The first kappa shape index (κ1) is 9.30. The van der Waals surface area contributed by atoms with Gasteiger partial charge in [0.15, 0.2) is 5.69 Å². The number of carboxylic acid groups (broad SMARTS) is 1. The number of hydrogen-bond acceptors (Lipinski definition) is 3. The van der Waals surface area contributed by atoms with Crippen molar-refractivity contribution in [2.24, 2.45) is 0 Å². The van der Waals surface area contributed by atoms with E-state index < -0.39 is 23.8 Å². The quantitative estimate of drug-likeness (QED) is 0.729. The third kappa shape index (κ3) is 1.86. The summed E-state index contributed by atoms with van der Waals surface area (Å²) in [5.41, 5.74) is -1.64. The van der Waals surface area contributed by atoms with E-state index in [0.717, 1.165) is 12.1 Å². The standard InChI is InChI=1S/C6H4F2N2O3/c7-6(8)10-4(11)2-1-3(9-10)5(12)13/h1-2,6H,(H,12,13). The average molecular weight is 190 g/mol. The monoisotopic (exact) mass is 190 g/mol. The smallest absolute Gasteiger partial charge is 0.356 e. The third-order valence-corrected chi connectivity index (χ3v) is 1.23. The van der Waals surface area contributed by atoms with Gasteiger partial charge in [0.2, 0.25) is 0 Å². The summed E-state index contributed by atoms with van der Waals surface area (Å²) in [4.78, 5) is 20.9. The van der Waals surface area contributed by atoms with E-state index in [9.17, 15) is 18.4 Å². The normalized spacial score (nSPS) is 10.4. The van der Waals surface area contributed by atoms with Gasteiger partial charge in [0.05, 0.1) is 0 Å². The molecular formula is C6H4F2N2O3. The third-order valence-electron chi connectivity index (χ3n) is 1.23. The zero-order valence-electron chi connectivity index (χ0n) is 6.15. The Balaban J connectivity index is 3.27. The van der Waals surface area contributed by atoms with Crippen LogP contribution in [-0.2, 0) is 0 Å². The Labute approximate surface area is 70.2 Å². The minimum atomic E-state index is -3.13. The Morgan fingerprint density at radius 3 is 2.62 bits per heavy atom. The van der Waals surface area contributed by atoms with Crippen LogP contribution in [0, 0.1) is 0 Å². The zero-order valence-corrected chi connectivity index (χ0v) is 6.15. The van der Waals surface area contributed by atoms with Crippen molar-refractivity contribution >= 4 is 5.97 Å². The highest BCUT2D eigenvalue weighted by Crippen LogP contribution is 2.03. The highest BCUT2D eigenvalue weighted by Gasteiger charge is 2.12. The van der Waals surface area contributed by atoms with Gasteiger partial charge in [-0.3, -0.25) is 4.79 Å². The fourth-order valence-corrected chi connectivity index (χ4v) is 0.679. The van der Waals surface area contributed by atoms with Gasteiger partial charge in [0.25, 0.3) is 5.56 Å². The van der Waals surface area contributed by atoms with Gasteiger partial charge in [-0.05, 0) is 6.07 Å². The average Bonchev–Trinajstić information content (AvgIpc) is 2.04. The van der Waals surface area contributed by atoms with Crippen LogP contribution in [-0.4, -0.2) is 20.9 Å². The van der Waals surface area contributed by atoms with Gasteiger partial charge in [-0.2, -0.15) is 18.6 Å². The maximum Gasteiger partial charge on any atom is 0.356 e. The number of aromatic carboxylic acids is 1. The first-order chi connectivity index (χ1) is 6.02. The van der Waals surface area contributed by atoms with Crippen LogP contribution in [0.5, 0.6) is 0 Å². The lowest BCUT2D eigenvalue weighted by Gasteiger charge is -2.01. The molecule has 70 valence electrons. The lowest BCUT2D eigenvalue weighted by atomic mass is 10.4. The van der Waals surface area contributed by atoms with Crippen molar-refractivity contribution in [1.29, 1.82) is 0 Å². The first-order valence-corrected chi connectivity index (χ1v) is 3.13. The Morgan fingerprint density at radius 1 is 1.54 bits per heavy atom. The van der Waals surface area contributed by atoms with Gasteiger partial charge in [-0.1, -0.05) is 0 Å². The summed E-state index contributed by atoms with van der Waals surface area (Å²) in [5, 5.41) is 11.3. The number of aromatic nitrogens is 2. The van der Waals surface area contributed by atoms with E-state index in [0.29, 0.717) is 0 Å². The van der Waals surface area contributed by atoms with Crippen molar-refractivity contribution in [2.45, 2.75) is 6.55 Å². The number of alkyl halides is 2. The summed E-state index contributed by atoms with van der Waals surface area (Å²) < 4.78 is 23.8. The predicted molar refractivity (Wildman–Crippen MR) is 36.7 cm³/mol. The van der Waals surface area contributed by atoms with Gasteiger partial charge < -0.3 is 5.11 Å². The summed E-state index contributed by atoms with van der Waals surface area (Å²) in [7, 11) is 0. The molecule has 0 aromatic carbocycles. The molecule has 13 heavy (non-hydrogen) atoms. The molecular weight excluding hydrogens is 186 g/mol. The van der Waals surface area contributed by atoms with E-state index in [-0.39, 0.29) is 4.68 Å². The topological polar surface area (TPSA) is 72.2 Å². The maximum atomic E-state index is 12.0. The molecule has 0 fully saturated rings. The molecule has 0 aliphatic heterocycles. The Morgan fingerprint density at radius 2 is 2.15 bits per heavy atom. The number of carbonyl (C=O) groups is 1. The van der Waals surface area contributed by atoms with Crippen LogP contribution < -0.4 is 5.56 Å². The van der Waals surface area contributed by atoms with Crippen LogP contribution in [0.3, 0.4) is 0 Å². The first-order valence-electron chi connectivity index (χ1n) is 3.13. The molecule has 1 rings (SSSR count). The number of carboxylic acids is 1. The van der Waals surface area contributed by atoms with Crippen LogP contribution >= 0.6 is 0 Å². The van der Waals surface area contributed by atoms with Crippen molar-refractivity contribution in [3.05, 3.63) is 28.2 Å². The molecule has 0 bridgehead atoms. The minimum Gasteiger partial charge on any atom is -0.476 e. The Kier molecular flexibility index (Phi) is 2.36. The summed E-state index contributed by atoms with van der Waals surface area (Å²) >= 11 is 0. The molecule has 0 unspecified atom stereocenters. The number of hydrogen-bond donors (Lipinski definition) is 1. The Bertz CT molecular complexity index is 388. The maximum absolute atomic E-state index is 12.0. The van der Waals surface area contributed by atoms with Crippen LogP contribution in [0.15, 0.2) is 16.9 Å². The van der Waals surface area contributed by atoms with Gasteiger partial charge in [0, 0.05) is 6.07 Å². The summed E-state index contributed by atoms with van der Waals surface area (Å²) in [6.07, 6.45) is 0. The predicted octanol–water partition coefficient (Wildman–Crippen LogP) is 0.337. The summed E-state index contributed by atoms with van der Waals surface area (Å²) in [6, 6.07) is 1.59. The van der Waals surface area contributed by atoms with Crippen LogP contribution in [0.4, 0.5) is 8.78 Å². The van der Waals surface area contributed by atoms with Crippen LogP contribution in [0.1, 0.15) is 17.0 Å². The molecule has 1 aromatic rings. The second-order valence-corrected chi connectivity index (χ2v) is 2.08. The second-order valence-electron chi connectivity index (χ2n) is 2.08. The van der Waals surface area contributed by atoms with E-state index in [1.807, 2.05) is 0 Å². The molecule has 0 amide bonds. The molecule has 0 radical (unpaired) electrons. The fourth-order valence-electron chi connectivity index (χ4n) is 0.679. The molecule has 0 spiro atoms. The zero-order chi connectivity index (χ0) is 10.0. The lowest BCUT2D eigenvalue weighted by Crippen LogP contribution is -2.24. The van der Waals surface area contributed by atoms with E-state index >= 15 is 0 Å². The highest BCUT2D eigenvalue weighted by atomic mass is 19.3. The number of rotatable bonds is 2. The van der Waals surface area contributed by atoms with Crippen molar-refractivity contribution in [1.82, 2.24) is 9.78 Å². The summed E-state index contributed by atoms with van der Waals surface area (Å²) in [6.45, 7) is -3.13. The molecule has 0 saturated heterocycles. The largest absolute Gasteiger partial charge is 0.476 e. The molecule has 5 nitrogen and oxygen atoms in total. The molecule has 1 heterocycles. The van der Waals surface area contributed by atoms with Gasteiger partial charge in [0.1, 0.15) is 0 Å². The van der Waals surface area contributed by atoms with E-state index in [1.54, 1.807) is 0 Å². The van der Waals surface area contributed by atoms with E-state index in [4.69, 9.17) is 5.11 Å². The minimum absolute atomic E-state index is 0.191. The molecule has 1 N–H and O–H groups in total. The highest BCUT2D eigenvalue weighted by molar-refractivity contribution is 5.84. The van der Waals surface area contributed by atoms with E-state index in [2.05, 4.69) is 5.10 Å². The molecule has 0 aliphatic rings. The van der Waals surface area contributed by atoms with Crippen molar-refractivity contribution in [3.63, 3.8) is 0 Å². The molecule has 1 aromatic heterocycles. The Hall–Kier alpha value is -1.79. The van der Waals surface area contributed by atoms with Crippen molar-refractivity contribution in [2.75, 3.05) is 0 Å². The van der Waals surface area contributed by atoms with Gasteiger partial charge >= 0.3 is 12.5 Å². The second kappa shape index (κ2) is 3.30. The fraction of sp³-hybridized carbons (Fsp3) is 0.167. The molecule has 7 heteroatoms. The van der Waals surface area contributed by atoms with Crippen LogP contribution in [0.2, 0.25) is 0 Å². The van der Waals surface area contributed by atoms with E-state index in [1.165, 1.54) is 0 Å². The SMILES string of the molecule is O=C(O)c1ccc(=O)n(C(F)F)n1.